The Morgan fingerprint density at radius 1 is 1.08 bits per heavy atom. The lowest BCUT2D eigenvalue weighted by atomic mass is 10.0. The second-order valence-corrected chi connectivity index (χ2v) is 6.17. The highest BCUT2D eigenvalue weighted by molar-refractivity contribution is 5.59. The summed E-state index contributed by atoms with van der Waals surface area (Å²) >= 11 is 0. The summed E-state index contributed by atoms with van der Waals surface area (Å²) in [7, 11) is 12.9. The van der Waals surface area contributed by atoms with E-state index < -0.39 is 0 Å². The van der Waals surface area contributed by atoms with E-state index in [0.717, 1.165) is 40.6 Å². The highest BCUT2D eigenvalue weighted by atomic mass is 16.5. The van der Waals surface area contributed by atoms with E-state index in [-0.39, 0.29) is 0 Å². The minimum Gasteiger partial charge on any atom is -0.501 e. The predicted octanol–water partition coefficient (Wildman–Crippen LogP) is 3.31. The smallest absolute Gasteiger partial charge is 0.127 e. The standard InChI is InChI=1S/C21H30N2O3/c1-9-10-16(22(2)3)13-18(24-6)11-12-19-20(25-7)14-17(23(4)5)15-21(19)26-8/h1,10,13-15H,11-12H2,2-8H3/b16-10+,18-13+. The van der Waals surface area contributed by atoms with Crippen LogP contribution >= 0.6 is 0 Å². The van der Waals surface area contributed by atoms with Gasteiger partial charge in [-0.3, -0.25) is 0 Å². The molecule has 0 saturated carbocycles. The molecule has 1 aromatic carbocycles. The molecule has 26 heavy (non-hydrogen) atoms. The van der Waals surface area contributed by atoms with E-state index in [4.69, 9.17) is 20.6 Å². The van der Waals surface area contributed by atoms with Crippen LogP contribution in [0.2, 0.25) is 0 Å². The van der Waals surface area contributed by atoms with Gasteiger partial charge in [0.15, 0.2) is 0 Å². The summed E-state index contributed by atoms with van der Waals surface area (Å²) in [5.74, 6) is 4.99. The molecule has 0 unspecified atom stereocenters. The van der Waals surface area contributed by atoms with Crippen molar-refractivity contribution in [3.63, 3.8) is 0 Å². The maximum Gasteiger partial charge on any atom is 0.127 e. The van der Waals surface area contributed by atoms with E-state index in [9.17, 15) is 0 Å². The number of allylic oxidation sites excluding steroid dienone is 3. The molecule has 0 atom stereocenters. The predicted molar refractivity (Wildman–Crippen MR) is 108 cm³/mol. The van der Waals surface area contributed by atoms with Crippen LogP contribution < -0.4 is 14.4 Å². The lowest BCUT2D eigenvalue weighted by molar-refractivity contribution is 0.274. The Kier molecular flexibility index (Phi) is 8.44. The fourth-order valence-electron chi connectivity index (χ4n) is 2.51. The molecule has 142 valence electrons. The molecule has 0 fully saturated rings. The van der Waals surface area contributed by atoms with E-state index >= 15 is 0 Å². The molecule has 0 aliphatic heterocycles. The number of nitrogens with zero attached hydrogens (tertiary/aromatic N) is 2. The largest absolute Gasteiger partial charge is 0.501 e. The molecule has 0 N–H and O–H groups in total. The molecule has 0 heterocycles. The van der Waals surface area contributed by atoms with Gasteiger partial charge in [0.05, 0.1) is 27.1 Å². The minimum atomic E-state index is 0.695. The van der Waals surface area contributed by atoms with Gasteiger partial charge < -0.3 is 24.0 Å². The normalized spacial score (nSPS) is 11.6. The number of methoxy groups -OCH3 is 3. The van der Waals surface area contributed by atoms with E-state index in [1.165, 1.54) is 0 Å². The first-order valence-corrected chi connectivity index (χ1v) is 8.38. The van der Waals surface area contributed by atoms with Crippen molar-refractivity contribution < 1.29 is 14.2 Å². The molecule has 1 rings (SSSR count). The number of benzene rings is 1. The van der Waals surface area contributed by atoms with Crippen molar-refractivity contribution in [1.29, 1.82) is 0 Å². The van der Waals surface area contributed by atoms with Gasteiger partial charge in [0.2, 0.25) is 0 Å². The molecule has 0 aromatic heterocycles. The third-order valence-electron chi connectivity index (χ3n) is 4.05. The van der Waals surface area contributed by atoms with Crippen LogP contribution in [0.4, 0.5) is 5.69 Å². The summed E-state index contributed by atoms with van der Waals surface area (Å²) in [6.45, 7) is 0. The molecule has 5 nitrogen and oxygen atoms in total. The Hall–Kier alpha value is -2.74. The summed E-state index contributed by atoms with van der Waals surface area (Å²) in [5.41, 5.74) is 2.94. The van der Waals surface area contributed by atoms with Crippen molar-refractivity contribution in [3.05, 3.63) is 41.3 Å². The molecule has 0 spiro atoms. The second-order valence-electron chi connectivity index (χ2n) is 6.17. The van der Waals surface area contributed by atoms with Crippen molar-refractivity contribution in [2.45, 2.75) is 12.8 Å². The van der Waals surface area contributed by atoms with Gasteiger partial charge in [-0.2, -0.15) is 0 Å². The third kappa shape index (κ3) is 5.66. The van der Waals surface area contributed by atoms with Gasteiger partial charge in [-0.15, -0.1) is 6.42 Å². The van der Waals surface area contributed by atoms with Gasteiger partial charge in [0.25, 0.3) is 0 Å². The zero-order valence-corrected chi connectivity index (χ0v) is 16.9. The Balaban J connectivity index is 3.14. The Labute approximate surface area is 157 Å². The van der Waals surface area contributed by atoms with E-state index in [1.807, 2.05) is 56.2 Å². The number of ether oxygens (including phenoxy) is 3. The van der Waals surface area contributed by atoms with Gasteiger partial charge >= 0.3 is 0 Å². The lowest BCUT2D eigenvalue weighted by Gasteiger charge is -2.20. The molecule has 5 heteroatoms. The average molecular weight is 358 g/mol. The van der Waals surface area contributed by atoms with Crippen molar-refractivity contribution in [2.75, 3.05) is 54.4 Å². The molecule has 0 saturated heterocycles. The van der Waals surface area contributed by atoms with Crippen molar-refractivity contribution in [1.82, 2.24) is 4.90 Å². The lowest BCUT2D eigenvalue weighted by Crippen LogP contribution is -2.11. The highest BCUT2D eigenvalue weighted by Crippen LogP contribution is 2.35. The van der Waals surface area contributed by atoms with Gasteiger partial charge in [0.1, 0.15) is 11.5 Å². The third-order valence-corrected chi connectivity index (χ3v) is 4.05. The quantitative estimate of drug-likeness (QED) is 0.384. The van der Waals surface area contributed by atoms with Crippen molar-refractivity contribution >= 4 is 5.69 Å². The maximum atomic E-state index is 5.59. The zero-order chi connectivity index (χ0) is 19.7. The van der Waals surface area contributed by atoms with E-state index in [0.29, 0.717) is 6.42 Å². The van der Waals surface area contributed by atoms with Gasteiger partial charge in [-0.25, -0.2) is 0 Å². The summed E-state index contributed by atoms with van der Waals surface area (Å²) in [4.78, 5) is 3.97. The second kappa shape index (κ2) is 10.3. The zero-order valence-electron chi connectivity index (χ0n) is 16.9. The van der Waals surface area contributed by atoms with Crippen molar-refractivity contribution in [3.8, 4) is 23.8 Å². The Morgan fingerprint density at radius 2 is 1.65 bits per heavy atom. The molecule has 0 aliphatic rings. The fourth-order valence-corrected chi connectivity index (χ4v) is 2.51. The number of hydrogen-bond donors (Lipinski definition) is 0. The number of terminal acetylenes is 1. The van der Waals surface area contributed by atoms with Crippen LogP contribution in [0.5, 0.6) is 11.5 Å². The van der Waals surface area contributed by atoms with Crippen LogP contribution in [0.3, 0.4) is 0 Å². The van der Waals surface area contributed by atoms with E-state index in [2.05, 4.69) is 5.92 Å². The van der Waals surface area contributed by atoms with Gasteiger partial charge in [-0.05, 0) is 12.5 Å². The van der Waals surface area contributed by atoms with Crippen LogP contribution in [-0.2, 0) is 11.2 Å². The fraction of sp³-hybridized carbons (Fsp3) is 0.429. The summed E-state index contributed by atoms with van der Waals surface area (Å²) in [6.07, 6.45) is 10.5. The molecule has 1 aromatic rings. The first-order valence-electron chi connectivity index (χ1n) is 8.38. The minimum absolute atomic E-state index is 0.695. The summed E-state index contributed by atoms with van der Waals surface area (Å²) in [5, 5.41) is 0. The molecule has 0 radical (unpaired) electrons. The monoisotopic (exact) mass is 358 g/mol. The van der Waals surface area contributed by atoms with Crippen molar-refractivity contribution in [2.24, 2.45) is 0 Å². The number of rotatable bonds is 9. The number of hydrogen-bond acceptors (Lipinski definition) is 5. The molecule has 0 aliphatic carbocycles. The first-order chi connectivity index (χ1) is 12.4. The molecular formula is C21H30N2O3. The highest BCUT2D eigenvalue weighted by Gasteiger charge is 2.14. The SMILES string of the molecule is C#C/C=C(\C=C(/CCc1c(OC)cc(N(C)C)cc1OC)OC)N(C)C. The Morgan fingerprint density at radius 3 is 2.04 bits per heavy atom. The summed E-state index contributed by atoms with van der Waals surface area (Å²) < 4.78 is 16.7. The maximum absolute atomic E-state index is 5.59. The van der Waals surface area contributed by atoms with Crippen LogP contribution in [-0.4, -0.2) is 54.4 Å². The first kappa shape index (κ1) is 21.3. The average Bonchev–Trinajstić information content (AvgIpc) is 2.63. The topological polar surface area (TPSA) is 34.2 Å². The van der Waals surface area contributed by atoms with Crippen LogP contribution in [0.1, 0.15) is 12.0 Å². The molecule has 0 amide bonds. The number of anilines is 1. The van der Waals surface area contributed by atoms with Gasteiger partial charge in [-0.1, -0.05) is 5.92 Å². The van der Waals surface area contributed by atoms with Crippen LogP contribution in [0.15, 0.2) is 35.7 Å². The molecular weight excluding hydrogens is 328 g/mol. The number of likely N-dealkylation sites (N-methyl/N-ethyl adjacent to an activating group) is 1. The van der Waals surface area contributed by atoms with Gasteiger partial charge in [0, 0.05) is 69.8 Å². The molecule has 0 bridgehead atoms. The van der Waals surface area contributed by atoms with E-state index in [1.54, 1.807) is 27.4 Å². The van der Waals surface area contributed by atoms with Crippen LogP contribution in [0, 0.1) is 12.3 Å². The summed E-state index contributed by atoms with van der Waals surface area (Å²) in [6, 6.07) is 4.02. The van der Waals surface area contributed by atoms with Crippen LogP contribution in [0.25, 0.3) is 0 Å². The Bertz CT molecular complexity index is 673.